The molecule has 0 aliphatic rings. The van der Waals surface area contributed by atoms with Crippen LogP contribution in [0.25, 0.3) is 0 Å². The first kappa shape index (κ1) is 13.5. The van der Waals surface area contributed by atoms with Crippen LogP contribution in [0.2, 0.25) is 5.02 Å². The van der Waals surface area contributed by atoms with Gasteiger partial charge in [-0.25, -0.2) is 0 Å². The number of benzene rings is 1. The standard InChI is InChI=1S/C14H22ClN/c1-4-9-16-12(3)10-11(2)13-7-5-6-8-14(13)15/h5-8,11-12,16H,4,9-10H2,1-3H3. The Kier molecular flexibility index (Phi) is 5.86. The molecule has 90 valence electrons. The van der Waals surface area contributed by atoms with Crippen molar-refractivity contribution in [3.05, 3.63) is 34.9 Å². The maximum atomic E-state index is 6.19. The van der Waals surface area contributed by atoms with E-state index < -0.39 is 0 Å². The van der Waals surface area contributed by atoms with Crippen LogP contribution in [0.5, 0.6) is 0 Å². The first-order valence-corrected chi connectivity index (χ1v) is 6.50. The van der Waals surface area contributed by atoms with Crippen molar-refractivity contribution in [1.82, 2.24) is 5.32 Å². The zero-order valence-corrected chi connectivity index (χ0v) is 11.2. The monoisotopic (exact) mass is 239 g/mol. The molecule has 0 saturated heterocycles. The van der Waals surface area contributed by atoms with Gasteiger partial charge in [-0.2, -0.15) is 0 Å². The third-order valence-corrected chi connectivity index (χ3v) is 3.23. The zero-order chi connectivity index (χ0) is 12.0. The summed E-state index contributed by atoms with van der Waals surface area (Å²) in [6.07, 6.45) is 2.31. The average molecular weight is 240 g/mol. The quantitative estimate of drug-likeness (QED) is 0.784. The minimum Gasteiger partial charge on any atom is -0.314 e. The van der Waals surface area contributed by atoms with Crippen molar-refractivity contribution in [3.63, 3.8) is 0 Å². The number of rotatable bonds is 6. The second-order valence-electron chi connectivity index (χ2n) is 4.51. The summed E-state index contributed by atoms with van der Waals surface area (Å²) in [6, 6.07) is 8.68. The van der Waals surface area contributed by atoms with Crippen LogP contribution in [-0.2, 0) is 0 Å². The number of nitrogens with one attached hydrogen (secondary N) is 1. The minimum absolute atomic E-state index is 0.507. The van der Waals surface area contributed by atoms with Crippen LogP contribution in [0.4, 0.5) is 0 Å². The summed E-state index contributed by atoms with van der Waals surface area (Å²) in [7, 11) is 0. The highest BCUT2D eigenvalue weighted by Gasteiger charge is 2.12. The van der Waals surface area contributed by atoms with E-state index in [-0.39, 0.29) is 0 Å². The number of halogens is 1. The molecular weight excluding hydrogens is 218 g/mol. The molecule has 0 heterocycles. The molecule has 1 rings (SSSR count). The van der Waals surface area contributed by atoms with Gasteiger partial charge in [0, 0.05) is 11.1 Å². The van der Waals surface area contributed by atoms with Gasteiger partial charge in [0.2, 0.25) is 0 Å². The molecule has 1 aromatic carbocycles. The van der Waals surface area contributed by atoms with Crippen molar-refractivity contribution in [2.45, 2.75) is 45.6 Å². The molecule has 0 fully saturated rings. The van der Waals surface area contributed by atoms with Crippen LogP contribution in [0.15, 0.2) is 24.3 Å². The third kappa shape index (κ3) is 4.15. The molecule has 0 aliphatic carbocycles. The van der Waals surface area contributed by atoms with Crippen molar-refractivity contribution in [3.8, 4) is 0 Å². The Labute approximate surface area is 104 Å². The fraction of sp³-hybridized carbons (Fsp3) is 0.571. The molecule has 0 aliphatic heterocycles. The lowest BCUT2D eigenvalue weighted by atomic mass is 9.94. The van der Waals surface area contributed by atoms with E-state index in [1.807, 2.05) is 12.1 Å². The van der Waals surface area contributed by atoms with Gasteiger partial charge < -0.3 is 5.32 Å². The van der Waals surface area contributed by atoms with E-state index in [0.717, 1.165) is 18.0 Å². The van der Waals surface area contributed by atoms with Crippen LogP contribution >= 0.6 is 11.6 Å². The molecule has 2 unspecified atom stereocenters. The molecule has 0 radical (unpaired) electrons. The molecule has 2 atom stereocenters. The topological polar surface area (TPSA) is 12.0 Å². The first-order valence-electron chi connectivity index (χ1n) is 6.13. The van der Waals surface area contributed by atoms with Gasteiger partial charge in [0.1, 0.15) is 0 Å². The van der Waals surface area contributed by atoms with Crippen LogP contribution in [-0.4, -0.2) is 12.6 Å². The Morgan fingerprint density at radius 1 is 1.25 bits per heavy atom. The highest BCUT2D eigenvalue weighted by Crippen LogP contribution is 2.27. The van der Waals surface area contributed by atoms with E-state index in [1.165, 1.54) is 12.0 Å². The lowest BCUT2D eigenvalue weighted by molar-refractivity contribution is 0.479. The summed E-state index contributed by atoms with van der Waals surface area (Å²) in [5.74, 6) is 0.507. The summed E-state index contributed by atoms with van der Waals surface area (Å²) in [5, 5.41) is 4.40. The second kappa shape index (κ2) is 6.93. The average Bonchev–Trinajstić information content (AvgIpc) is 2.26. The summed E-state index contributed by atoms with van der Waals surface area (Å²) in [4.78, 5) is 0. The van der Waals surface area contributed by atoms with Crippen molar-refractivity contribution in [2.24, 2.45) is 0 Å². The normalized spacial score (nSPS) is 14.8. The first-order chi connectivity index (χ1) is 7.65. The molecular formula is C14H22ClN. The molecule has 0 amide bonds. The predicted octanol–water partition coefficient (Wildman–Crippen LogP) is 4.22. The Morgan fingerprint density at radius 2 is 1.94 bits per heavy atom. The Bertz CT molecular complexity index is 311. The maximum absolute atomic E-state index is 6.19. The highest BCUT2D eigenvalue weighted by atomic mass is 35.5. The maximum Gasteiger partial charge on any atom is 0.0440 e. The molecule has 2 heteroatoms. The predicted molar refractivity (Wildman–Crippen MR) is 72.2 cm³/mol. The van der Waals surface area contributed by atoms with Crippen LogP contribution in [0.3, 0.4) is 0 Å². The molecule has 1 nitrogen and oxygen atoms in total. The fourth-order valence-electron chi connectivity index (χ4n) is 2.01. The van der Waals surface area contributed by atoms with E-state index in [9.17, 15) is 0 Å². The molecule has 0 saturated carbocycles. The van der Waals surface area contributed by atoms with Gasteiger partial charge in [-0.3, -0.25) is 0 Å². The molecule has 1 aromatic rings. The minimum atomic E-state index is 0.507. The smallest absolute Gasteiger partial charge is 0.0440 e. The Balaban J connectivity index is 2.52. The molecule has 0 aromatic heterocycles. The summed E-state index contributed by atoms with van der Waals surface area (Å²) in [5.41, 5.74) is 1.26. The van der Waals surface area contributed by atoms with Gasteiger partial charge in [0.05, 0.1) is 0 Å². The Morgan fingerprint density at radius 3 is 2.56 bits per heavy atom. The largest absolute Gasteiger partial charge is 0.314 e. The molecule has 1 N–H and O–H groups in total. The van der Waals surface area contributed by atoms with E-state index in [1.54, 1.807) is 0 Å². The lowest BCUT2D eigenvalue weighted by Crippen LogP contribution is -2.28. The van der Waals surface area contributed by atoms with Gasteiger partial charge in [-0.1, -0.05) is 43.6 Å². The summed E-state index contributed by atoms with van der Waals surface area (Å²) < 4.78 is 0. The fourth-order valence-corrected chi connectivity index (χ4v) is 2.33. The molecule has 0 bridgehead atoms. The second-order valence-corrected chi connectivity index (χ2v) is 4.92. The van der Waals surface area contributed by atoms with Gasteiger partial charge in [0.25, 0.3) is 0 Å². The van der Waals surface area contributed by atoms with Gasteiger partial charge in [0.15, 0.2) is 0 Å². The summed E-state index contributed by atoms with van der Waals surface area (Å²) >= 11 is 6.19. The van der Waals surface area contributed by atoms with Gasteiger partial charge in [-0.05, 0) is 43.9 Å². The van der Waals surface area contributed by atoms with Crippen molar-refractivity contribution in [1.29, 1.82) is 0 Å². The number of hydrogen-bond acceptors (Lipinski definition) is 1. The number of hydrogen-bond donors (Lipinski definition) is 1. The SMILES string of the molecule is CCCNC(C)CC(C)c1ccccc1Cl. The van der Waals surface area contributed by atoms with Crippen LogP contribution in [0.1, 0.15) is 45.1 Å². The zero-order valence-electron chi connectivity index (χ0n) is 10.5. The lowest BCUT2D eigenvalue weighted by Gasteiger charge is -2.19. The van der Waals surface area contributed by atoms with E-state index in [0.29, 0.717) is 12.0 Å². The van der Waals surface area contributed by atoms with E-state index in [2.05, 4.69) is 38.2 Å². The Hall–Kier alpha value is -0.530. The third-order valence-electron chi connectivity index (χ3n) is 2.89. The van der Waals surface area contributed by atoms with Crippen molar-refractivity contribution >= 4 is 11.6 Å². The van der Waals surface area contributed by atoms with Gasteiger partial charge in [-0.15, -0.1) is 0 Å². The molecule has 16 heavy (non-hydrogen) atoms. The summed E-state index contributed by atoms with van der Waals surface area (Å²) in [6.45, 7) is 7.77. The van der Waals surface area contributed by atoms with Crippen LogP contribution < -0.4 is 5.32 Å². The molecule has 0 spiro atoms. The van der Waals surface area contributed by atoms with Crippen molar-refractivity contribution in [2.75, 3.05) is 6.54 Å². The highest BCUT2D eigenvalue weighted by molar-refractivity contribution is 6.31. The van der Waals surface area contributed by atoms with E-state index in [4.69, 9.17) is 11.6 Å². The van der Waals surface area contributed by atoms with E-state index >= 15 is 0 Å². The van der Waals surface area contributed by atoms with Crippen molar-refractivity contribution < 1.29 is 0 Å². The van der Waals surface area contributed by atoms with Crippen LogP contribution in [0, 0.1) is 0 Å². The van der Waals surface area contributed by atoms with Gasteiger partial charge >= 0.3 is 0 Å².